The first-order valence-electron chi connectivity index (χ1n) is 9.61. The number of carbonyl (C=O) groups excluding carboxylic acids is 2. The Hall–Kier alpha value is -3.48. The number of para-hydroxylation sites is 1. The molecule has 1 aromatic heterocycles. The normalized spacial score (nSPS) is 17.4. The molecule has 1 aliphatic heterocycles. The fourth-order valence-electron chi connectivity index (χ4n) is 3.68. The van der Waals surface area contributed by atoms with Gasteiger partial charge in [0.2, 0.25) is 11.8 Å². The Morgan fingerprint density at radius 3 is 2.48 bits per heavy atom. The quantitative estimate of drug-likeness (QED) is 0.673. The van der Waals surface area contributed by atoms with E-state index in [1.54, 1.807) is 27.9 Å². The second-order valence-electron chi connectivity index (χ2n) is 7.30. The molecule has 0 radical (unpaired) electrons. The van der Waals surface area contributed by atoms with Crippen molar-refractivity contribution in [1.29, 1.82) is 0 Å². The molecule has 4 rings (SSSR count). The molecule has 2 atom stereocenters. The molecule has 0 aliphatic carbocycles. The van der Waals surface area contributed by atoms with E-state index in [9.17, 15) is 9.59 Å². The number of amides is 2. The van der Waals surface area contributed by atoms with E-state index in [4.69, 9.17) is 0 Å². The Morgan fingerprint density at radius 2 is 1.83 bits per heavy atom. The van der Waals surface area contributed by atoms with Crippen molar-refractivity contribution in [3.8, 4) is 5.69 Å². The third kappa shape index (κ3) is 3.76. The first kappa shape index (κ1) is 18.9. The minimum absolute atomic E-state index is 0.00668. The second-order valence-corrected chi connectivity index (χ2v) is 7.30. The van der Waals surface area contributed by atoms with E-state index in [2.05, 4.69) is 10.1 Å². The molecular weight excluding hydrogens is 366 g/mol. The van der Waals surface area contributed by atoms with Gasteiger partial charge in [0.15, 0.2) is 0 Å². The minimum Gasteiger partial charge on any atom is -0.339 e. The van der Waals surface area contributed by atoms with E-state index >= 15 is 0 Å². The van der Waals surface area contributed by atoms with Crippen molar-refractivity contribution >= 4 is 17.5 Å². The van der Waals surface area contributed by atoms with Crippen LogP contribution in [0.3, 0.4) is 0 Å². The lowest BCUT2D eigenvalue weighted by molar-refractivity contribution is -0.136. The second kappa shape index (κ2) is 7.87. The van der Waals surface area contributed by atoms with Crippen LogP contribution >= 0.6 is 0 Å². The fraction of sp³-hybridized carbons (Fsp3) is 0.273. The van der Waals surface area contributed by atoms with Gasteiger partial charge in [-0.3, -0.25) is 9.59 Å². The van der Waals surface area contributed by atoms with Gasteiger partial charge in [0.1, 0.15) is 12.7 Å². The number of rotatable bonds is 5. The lowest BCUT2D eigenvalue weighted by atomic mass is 10.0. The average Bonchev–Trinajstić information content (AvgIpc) is 3.43. The Balaban J connectivity index is 1.44. The van der Waals surface area contributed by atoms with Crippen molar-refractivity contribution in [2.75, 3.05) is 18.5 Å². The molecule has 1 saturated heterocycles. The zero-order valence-electron chi connectivity index (χ0n) is 16.5. The van der Waals surface area contributed by atoms with Gasteiger partial charge in [-0.1, -0.05) is 30.3 Å². The van der Waals surface area contributed by atoms with Gasteiger partial charge in [-0.25, -0.2) is 9.67 Å². The lowest BCUT2D eigenvalue weighted by Crippen LogP contribution is -2.36. The molecule has 2 unspecified atom stereocenters. The molecule has 0 bridgehead atoms. The lowest BCUT2D eigenvalue weighted by Gasteiger charge is -2.28. The standard InChI is InChI=1S/C22H23N5O2/c1-16(17-8-10-20(11-9-17)27-15-23-14-24-27)25(2)22(29)18-12-21(28)26(13-18)19-6-4-3-5-7-19/h3-11,14-16,18H,12-13H2,1-2H3. The third-order valence-electron chi connectivity index (χ3n) is 5.53. The maximum absolute atomic E-state index is 13.1. The van der Waals surface area contributed by atoms with E-state index in [1.807, 2.05) is 61.5 Å². The van der Waals surface area contributed by atoms with E-state index in [-0.39, 0.29) is 30.2 Å². The summed E-state index contributed by atoms with van der Waals surface area (Å²) in [4.78, 5) is 32.9. The molecule has 29 heavy (non-hydrogen) atoms. The summed E-state index contributed by atoms with van der Waals surface area (Å²) in [6, 6.07) is 17.3. The molecule has 7 nitrogen and oxygen atoms in total. The van der Waals surface area contributed by atoms with Crippen LogP contribution in [0.4, 0.5) is 5.69 Å². The molecule has 0 N–H and O–H groups in total. The van der Waals surface area contributed by atoms with Crippen LogP contribution in [-0.2, 0) is 9.59 Å². The van der Waals surface area contributed by atoms with Crippen LogP contribution in [0.15, 0.2) is 67.3 Å². The molecule has 7 heteroatoms. The summed E-state index contributed by atoms with van der Waals surface area (Å²) in [6.45, 7) is 2.41. The molecule has 2 amide bonds. The average molecular weight is 389 g/mol. The number of nitrogens with zero attached hydrogens (tertiary/aromatic N) is 5. The van der Waals surface area contributed by atoms with Gasteiger partial charge in [-0.15, -0.1) is 0 Å². The molecule has 2 aromatic carbocycles. The molecule has 0 saturated carbocycles. The summed E-state index contributed by atoms with van der Waals surface area (Å²) >= 11 is 0. The minimum atomic E-state index is -0.329. The number of aromatic nitrogens is 3. The zero-order chi connectivity index (χ0) is 20.4. The zero-order valence-corrected chi connectivity index (χ0v) is 16.5. The summed E-state index contributed by atoms with van der Waals surface area (Å²) in [5, 5.41) is 4.12. The highest BCUT2D eigenvalue weighted by Gasteiger charge is 2.37. The molecule has 0 spiro atoms. The third-order valence-corrected chi connectivity index (χ3v) is 5.53. The number of hydrogen-bond acceptors (Lipinski definition) is 4. The van der Waals surface area contributed by atoms with Crippen molar-refractivity contribution in [3.63, 3.8) is 0 Å². The van der Waals surface area contributed by atoms with Gasteiger partial charge in [-0.2, -0.15) is 5.10 Å². The summed E-state index contributed by atoms with van der Waals surface area (Å²) in [7, 11) is 1.80. The Kier molecular flexibility index (Phi) is 5.12. The monoisotopic (exact) mass is 389 g/mol. The van der Waals surface area contributed by atoms with E-state index < -0.39 is 0 Å². The number of anilines is 1. The molecule has 1 fully saturated rings. The summed E-state index contributed by atoms with van der Waals surface area (Å²) in [5.41, 5.74) is 2.77. The van der Waals surface area contributed by atoms with Gasteiger partial charge in [0, 0.05) is 25.7 Å². The van der Waals surface area contributed by atoms with E-state index in [0.29, 0.717) is 6.54 Å². The Labute approximate surface area is 169 Å². The highest BCUT2D eigenvalue weighted by atomic mass is 16.2. The van der Waals surface area contributed by atoms with Crippen molar-refractivity contribution in [1.82, 2.24) is 19.7 Å². The molecule has 1 aliphatic rings. The summed E-state index contributed by atoms with van der Waals surface area (Å²) < 4.78 is 1.69. The predicted octanol–water partition coefficient (Wildman–Crippen LogP) is 2.84. The van der Waals surface area contributed by atoms with Crippen LogP contribution in [-0.4, -0.2) is 45.1 Å². The molecular formula is C22H23N5O2. The fourth-order valence-corrected chi connectivity index (χ4v) is 3.68. The van der Waals surface area contributed by atoms with Crippen LogP contribution in [0.5, 0.6) is 0 Å². The van der Waals surface area contributed by atoms with Crippen LogP contribution in [0, 0.1) is 5.92 Å². The molecule has 2 heterocycles. The summed E-state index contributed by atoms with van der Waals surface area (Å²) in [5.74, 6) is -0.345. The van der Waals surface area contributed by atoms with Crippen LogP contribution < -0.4 is 4.90 Å². The van der Waals surface area contributed by atoms with Crippen molar-refractivity contribution in [2.45, 2.75) is 19.4 Å². The Morgan fingerprint density at radius 1 is 1.10 bits per heavy atom. The highest BCUT2D eigenvalue weighted by molar-refractivity contribution is 6.00. The SMILES string of the molecule is CC(c1ccc(-n2cncn2)cc1)N(C)C(=O)C1CC(=O)N(c2ccccc2)C1. The van der Waals surface area contributed by atoms with Crippen molar-refractivity contribution < 1.29 is 9.59 Å². The van der Waals surface area contributed by atoms with E-state index in [0.717, 1.165) is 16.9 Å². The van der Waals surface area contributed by atoms with E-state index in [1.165, 1.54) is 6.33 Å². The van der Waals surface area contributed by atoms with Gasteiger partial charge >= 0.3 is 0 Å². The predicted molar refractivity (Wildman–Crippen MR) is 109 cm³/mol. The smallest absolute Gasteiger partial charge is 0.228 e. The van der Waals surface area contributed by atoms with Gasteiger partial charge in [0.25, 0.3) is 0 Å². The number of benzene rings is 2. The largest absolute Gasteiger partial charge is 0.339 e. The van der Waals surface area contributed by atoms with Crippen LogP contribution in [0.2, 0.25) is 0 Å². The van der Waals surface area contributed by atoms with Crippen molar-refractivity contribution in [2.24, 2.45) is 5.92 Å². The number of carbonyl (C=O) groups is 2. The Bertz CT molecular complexity index is 986. The maximum atomic E-state index is 13.1. The van der Waals surface area contributed by atoms with Gasteiger partial charge in [0.05, 0.1) is 17.6 Å². The van der Waals surface area contributed by atoms with Gasteiger partial charge in [-0.05, 0) is 36.8 Å². The molecule has 148 valence electrons. The topological polar surface area (TPSA) is 71.3 Å². The summed E-state index contributed by atoms with van der Waals surface area (Å²) in [6.07, 6.45) is 3.38. The number of hydrogen-bond donors (Lipinski definition) is 0. The first-order chi connectivity index (χ1) is 14.0. The van der Waals surface area contributed by atoms with Crippen molar-refractivity contribution in [3.05, 3.63) is 72.8 Å². The maximum Gasteiger partial charge on any atom is 0.228 e. The molecule has 3 aromatic rings. The van der Waals surface area contributed by atoms with Crippen LogP contribution in [0.25, 0.3) is 5.69 Å². The van der Waals surface area contributed by atoms with Crippen LogP contribution in [0.1, 0.15) is 24.9 Å². The van der Waals surface area contributed by atoms with Gasteiger partial charge < -0.3 is 9.80 Å². The first-order valence-corrected chi connectivity index (χ1v) is 9.61. The highest BCUT2D eigenvalue weighted by Crippen LogP contribution is 2.28.